The number of anilines is 1. The SMILES string of the molecule is CC1CN(c2ccc(CNC(=O)c3csc(S(C)(=O)=O)c3)cn2)CCO1. The van der Waals surface area contributed by atoms with Crippen molar-refractivity contribution in [2.45, 2.75) is 23.8 Å². The summed E-state index contributed by atoms with van der Waals surface area (Å²) in [7, 11) is -3.29. The highest BCUT2D eigenvalue weighted by atomic mass is 32.2. The molecule has 0 radical (unpaired) electrons. The van der Waals surface area contributed by atoms with Crippen molar-refractivity contribution in [1.29, 1.82) is 0 Å². The Kier molecular flexibility index (Phi) is 5.59. The fourth-order valence-electron chi connectivity index (χ4n) is 2.65. The Bertz CT molecular complexity index is 878. The molecule has 1 fully saturated rings. The first-order valence-electron chi connectivity index (χ1n) is 8.21. The third-order valence-corrected chi connectivity index (χ3v) is 6.80. The van der Waals surface area contributed by atoms with Gasteiger partial charge in [-0.25, -0.2) is 13.4 Å². The molecular weight excluding hydrogens is 374 g/mol. The second-order valence-corrected chi connectivity index (χ2v) is 9.42. The summed E-state index contributed by atoms with van der Waals surface area (Å²) >= 11 is 1.05. The van der Waals surface area contributed by atoms with Gasteiger partial charge in [0.15, 0.2) is 9.84 Å². The molecule has 9 heteroatoms. The molecule has 1 saturated heterocycles. The smallest absolute Gasteiger partial charge is 0.252 e. The maximum atomic E-state index is 12.2. The van der Waals surface area contributed by atoms with Crippen LogP contribution in [0.15, 0.2) is 34.0 Å². The highest BCUT2D eigenvalue weighted by molar-refractivity contribution is 7.92. The Labute approximate surface area is 156 Å². The third-order valence-electron chi connectivity index (χ3n) is 4.03. The average molecular weight is 396 g/mol. The van der Waals surface area contributed by atoms with Gasteiger partial charge in [-0.15, -0.1) is 11.3 Å². The number of morpholine rings is 1. The Balaban J connectivity index is 1.57. The Morgan fingerprint density at radius 2 is 2.27 bits per heavy atom. The zero-order valence-corrected chi connectivity index (χ0v) is 16.3. The summed E-state index contributed by atoms with van der Waals surface area (Å²) in [5.74, 6) is 0.591. The number of hydrogen-bond acceptors (Lipinski definition) is 7. The summed E-state index contributed by atoms with van der Waals surface area (Å²) in [6.45, 7) is 4.68. The highest BCUT2D eigenvalue weighted by Crippen LogP contribution is 2.20. The largest absolute Gasteiger partial charge is 0.375 e. The molecule has 1 atom stereocenters. The van der Waals surface area contributed by atoms with Crippen molar-refractivity contribution >= 4 is 32.9 Å². The molecule has 140 valence electrons. The van der Waals surface area contributed by atoms with Crippen LogP contribution < -0.4 is 10.2 Å². The van der Waals surface area contributed by atoms with E-state index in [1.807, 2.05) is 19.1 Å². The molecule has 7 nitrogen and oxygen atoms in total. The van der Waals surface area contributed by atoms with E-state index in [1.165, 1.54) is 6.07 Å². The van der Waals surface area contributed by atoms with E-state index < -0.39 is 9.84 Å². The fourth-order valence-corrected chi connectivity index (χ4v) is 4.45. The average Bonchev–Trinajstić information content (AvgIpc) is 3.11. The van der Waals surface area contributed by atoms with Crippen LogP contribution in [0.3, 0.4) is 0 Å². The van der Waals surface area contributed by atoms with Gasteiger partial charge in [0.25, 0.3) is 5.91 Å². The first-order chi connectivity index (χ1) is 12.3. The van der Waals surface area contributed by atoms with E-state index in [9.17, 15) is 13.2 Å². The molecule has 2 aromatic heterocycles. The zero-order valence-electron chi connectivity index (χ0n) is 14.6. The molecule has 2 aromatic rings. The predicted octanol–water partition coefficient (Wildman–Crippen LogP) is 1.70. The van der Waals surface area contributed by atoms with Crippen LogP contribution in [0.4, 0.5) is 5.82 Å². The zero-order chi connectivity index (χ0) is 18.7. The minimum Gasteiger partial charge on any atom is -0.375 e. The van der Waals surface area contributed by atoms with Crippen molar-refractivity contribution in [1.82, 2.24) is 10.3 Å². The highest BCUT2D eigenvalue weighted by Gasteiger charge is 2.18. The van der Waals surface area contributed by atoms with Crippen molar-refractivity contribution in [2.24, 2.45) is 0 Å². The predicted molar refractivity (Wildman–Crippen MR) is 100 cm³/mol. The van der Waals surface area contributed by atoms with Crippen molar-refractivity contribution in [2.75, 3.05) is 30.9 Å². The maximum absolute atomic E-state index is 12.2. The Morgan fingerprint density at radius 1 is 1.46 bits per heavy atom. The van der Waals surface area contributed by atoms with E-state index in [1.54, 1.807) is 11.6 Å². The molecule has 1 N–H and O–H groups in total. The summed E-state index contributed by atoms with van der Waals surface area (Å²) in [6.07, 6.45) is 3.06. The number of amides is 1. The number of thiophene rings is 1. The van der Waals surface area contributed by atoms with Crippen LogP contribution in [0.2, 0.25) is 0 Å². The summed E-state index contributed by atoms with van der Waals surface area (Å²) < 4.78 is 28.7. The van der Waals surface area contributed by atoms with Gasteiger partial charge in [0.05, 0.1) is 18.3 Å². The van der Waals surface area contributed by atoms with Gasteiger partial charge in [-0.2, -0.15) is 0 Å². The normalized spacial score (nSPS) is 17.9. The monoisotopic (exact) mass is 395 g/mol. The number of carbonyl (C=O) groups excluding carboxylic acids is 1. The van der Waals surface area contributed by atoms with Crippen molar-refractivity contribution in [3.8, 4) is 0 Å². The van der Waals surface area contributed by atoms with Crippen LogP contribution >= 0.6 is 11.3 Å². The number of ether oxygens (including phenoxy) is 1. The topological polar surface area (TPSA) is 88.6 Å². The molecule has 0 spiro atoms. The molecule has 26 heavy (non-hydrogen) atoms. The number of nitrogens with zero attached hydrogens (tertiary/aromatic N) is 2. The lowest BCUT2D eigenvalue weighted by atomic mass is 10.2. The summed E-state index contributed by atoms with van der Waals surface area (Å²) in [6, 6.07) is 5.26. The van der Waals surface area contributed by atoms with Crippen LogP contribution in [0, 0.1) is 0 Å². The lowest BCUT2D eigenvalue weighted by molar-refractivity contribution is 0.0529. The number of sulfone groups is 1. The first-order valence-corrected chi connectivity index (χ1v) is 11.0. The number of nitrogens with one attached hydrogen (secondary N) is 1. The van der Waals surface area contributed by atoms with E-state index in [4.69, 9.17) is 4.74 Å². The van der Waals surface area contributed by atoms with Crippen LogP contribution in [0.1, 0.15) is 22.8 Å². The van der Waals surface area contributed by atoms with E-state index in [2.05, 4.69) is 15.2 Å². The molecule has 0 bridgehead atoms. The molecule has 0 aliphatic carbocycles. The number of rotatable bonds is 5. The summed E-state index contributed by atoms with van der Waals surface area (Å²) in [4.78, 5) is 18.8. The van der Waals surface area contributed by atoms with Crippen LogP contribution in [0.25, 0.3) is 0 Å². The molecule has 1 unspecified atom stereocenters. The second-order valence-electron chi connectivity index (χ2n) is 6.26. The van der Waals surface area contributed by atoms with Gasteiger partial charge >= 0.3 is 0 Å². The van der Waals surface area contributed by atoms with Crippen LogP contribution in [0.5, 0.6) is 0 Å². The fraction of sp³-hybridized carbons (Fsp3) is 0.412. The molecule has 0 saturated carbocycles. The molecular formula is C17H21N3O4S2. The van der Waals surface area contributed by atoms with Crippen molar-refractivity contribution in [3.63, 3.8) is 0 Å². The minimum absolute atomic E-state index is 0.187. The third kappa shape index (κ3) is 4.60. The molecule has 3 heterocycles. The van der Waals surface area contributed by atoms with Crippen molar-refractivity contribution in [3.05, 3.63) is 40.9 Å². The van der Waals surface area contributed by atoms with E-state index >= 15 is 0 Å². The van der Waals surface area contributed by atoms with Crippen LogP contribution in [-0.4, -0.2) is 51.4 Å². The van der Waals surface area contributed by atoms with E-state index in [0.717, 1.165) is 42.1 Å². The quantitative estimate of drug-likeness (QED) is 0.829. The lowest BCUT2D eigenvalue weighted by Gasteiger charge is -2.32. The van der Waals surface area contributed by atoms with Gasteiger partial charge in [0.2, 0.25) is 0 Å². The van der Waals surface area contributed by atoms with Crippen molar-refractivity contribution < 1.29 is 17.9 Å². The van der Waals surface area contributed by atoms with Gasteiger partial charge < -0.3 is 15.0 Å². The van der Waals surface area contributed by atoms with Gasteiger partial charge in [0, 0.05) is 37.5 Å². The van der Waals surface area contributed by atoms with Gasteiger partial charge in [0.1, 0.15) is 10.0 Å². The Hall–Kier alpha value is -1.97. The summed E-state index contributed by atoms with van der Waals surface area (Å²) in [5.41, 5.74) is 1.23. The van der Waals surface area contributed by atoms with Gasteiger partial charge in [-0.3, -0.25) is 4.79 Å². The Morgan fingerprint density at radius 3 is 2.88 bits per heavy atom. The number of pyridine rings is 1. The maximum Gasteiger partial charge on any atom is 0.252 e. The number of hydrogen-bond donors (Lipinski definition) is 1. The number of aromatic nitrogens is 1. The lowest BCUT2D eigenvalue weighted by Crippen LogP contribution is -2.41. The standard InChI is InChI=1S/C17H21N3O4S2/c1-12-10-20(5-6-24-12)15-4-3-13(8-18-15)9-19-17(21)14-7-16(25-11-14)26(2,22)23/h3-4,7-8,11-12H,5-6,9-10H2,1-2H3,(H,19,21). The van der Waals surface area contributed by atoms with E-state index in [-0.39, 0.29) is 16.2 Å². The molecule has 1 aliphatic rings. The summed E-state index contributed by atoms with van der Waals surface area (Å²) in [5, 5.41) is 4.33. The molecule has 1 aliphatic heterocycles. The van der Waals surface area contributed by atoms with Gasteiger partial charge in [-0.05, 0) is 24.6 Å². The molecule has 1 amide bonds. The minimum atomic E-state index is -3.29. The second kappa shape index (κ2) is 7.73. The number of carbonyl (C=O) groups is 1. The van der Waals surface area contributed by atoms with Gasteiger partial charge in [-0.1, -0.05) is 6.07 Å². The molecule has 0 aromatic carbocycles. The molecule has 3 rings (SSSR count). The first kappa shape index (κ1) is 18.8. The van der Waals surface area contributed by atoms with E-state index in [0.29, 0.717) is 18.7 Å². The van der Waals surface area contributed by atoms with Crippen LogP contribution in [-0.2, 0) is 21.1 Å².